The van der Waals surface area contributed by atoms with Crippen LogP contribution in [-0.2, 0) is 4.79 Å². The highest BCUT2D eigenvalue weighted by Gasteiger charge is 2.23. The van der Waals surface area contributed by atoms with Gasteiger partial charge in [-0.15, -0.1) is 0 Å². The van der Waals surface area contributed by atoms with Crippen LogP contribution in [0.4, 0.5) is 0 Å². The first-order chi connectivity index (χ1) is 9.19. The minimum Gasteiger partial charge on any atom is -0.343 e. The highest BCUT2D eigenvalue weighted by molar-refractivity contribution is 5.77. The molecule has 110 valence electrons. The Bertz CT molecular complexity index is 285. The molecule has 6 nitrogen and oxygen atoms in total. The normalized spacial score (nSPS) is 23.8. The van der Waals surface area contributed by atoms with Gasteiger partial charge in [-0.3, -0.25) is 10.2 Å². The van der Waals surface area contributed by atoms with Crippen LogP contribution in [0.2, 0.25) is 0 Å². The molecular weight excluding hydrogens is 242 g/mol. The standard InChI is InChI=1S/C13H27N5O/c1-16-6-8-18(9-7-16)15-12(11-14)10-13(19)17-4-2-3-5-17/h12,15H,2-11,14H2,1H3. The van der Waals surface area contributed by atoms with Gasteiger partial charge in [0.1, 0.15) is 0 Å². The average Bonchev–Trinajstić information content (AvgIpc) is 2.94. The highest BCUT2D eigenvalue weighted by atomic mass is 16.2. The number of nitrogens with one attached hydrogen (secondary N) is 1. The lowest BCUT2D eigenvalue weighted by Gasteiger charge is -2.35. The van der Waals surface area contributed by atoms with Gasteiger partial charge in [0.05, 0.1) is 0 Å². The molecule has 2 rings (SSSR count). The second-order valence-electron chi connectivity index (χ2n) is 5.64. The number of nitrogens with two attached hydrogens (primary N) is 1. The van der Waals surface area contributed by atoms with Crippen molar-refractivity contribution in [3.8, 4) is 0 Å². The molecule has 0 radical (unpaired) electrons. The van der Waals surface area contributed by atoms with Crippen LogP contribution in [0, 0.1) is 0 Å². The summed E-state index contributed by atoms with van der Waals surface area (Å²) in [5, 5.41) is 2.20. The third kappa shape index (κ3) is 4.42. The summed E-state index contributed by atoms with van der Waals surface area (Å²) in [6.07, 6.45) is 2.80. The number of piperazine rings is 1. The van der Waals surface area contributed by atoms with Crippen LogP contribution < -0.4 is 11.2 Å². The Kier molecular flexibility index (Phi) is 5.57. The van der Waals surface area contributed by atoms with E-state index in [-0.39, 0.29) is 11.9 Å². The minimum absolute atomic E-state index is 0.0662. The molecule has 2 fully saturated rings. The zero-order valence-corrected chi connectivity index (χ0v) is 12.0. The Labute approximate surface area is 115 Å². The van der Waals surface area contributed by atoms with Crippen LogP contribution in [0.15, 0.2) is 0 Å². The summed E-state index contributed by atoms with van der Waals surface area (Å²) in [5.41, 5.74) is 9.21. The second-order valence-corrected chi connectivity index (χ2v) is 5.64. The van der Waals surface area contributed by atoms with Crippen LogP contribution in [-0.4, -0.2) is 79.6 Å². The second kappa shape index (κ2) is 7.19. The van der Waals surface area contributed by atoms with Gasteiger partial charge >= 0.3 is 0 Å². The number of amides is 1. The highest BCUT2D eigenvalue weighted by Crippen LogP contribution is 2.10. The van der Waals surface area contributed by atoms with Gasteiger partial charge in [-0.2, -0.15) is 0 Å². The fourth-order valence-corrected chi connectivity index (χ4v) is 2.68. The van der Waals surface area contributed by atoms with Gasteiger partial charge in [-0.05, 0) is 19.9 Å². The van der Waals surface area contributed by atoms with Crippen molar-refractivity contribution in [2.24, 2.45) is 5.73 Å². The van der Waals surface area contributed by atoms with Crippen molar-refractivity contribution in [2.45, 2.75) is 25.3 Å². The number of nitrogens with zero attached hydrogens (tertiary/aromatic N) is 3. The molecule has 0 aromatic carbocycles. The van der Waals surface area contributed by atoms with E-state index in [0.717, 1.165) is 52.1 Å². The molecule has 2 saturated heterocycles. The zero-order chi connectivity index (χ0) is 13.7. The lowest BCUT2D eigenvalue weighted by Crippen LogP contribution is -2.56. The van der Waals surface area contributed by atoms with Crippen molar-refractivity contribution in [3.63, 3.8) is 0 Å². The van der Waals surface area contributed by atoms with Crippen LogP contribution in [0.25, 0.3) is 0 Å². The average molecular weight is 269 g/mol. The van der Waals surface area contributed by atoms with E-state index in [4.69, 9.17) is 5.73 Å². The fraction of sp³-hybridized carbons (Fsp3) is 0.923. The van der Waals surface area contributed by atoms with Crippen molar-refractivity contribution in [1.82, 2.24) is 20.2 Å². The molecule has 0 aliphatic carbocycles. The first-order valence-electron chi connectivity index (χ1n) is 7.36. The third-order valence-corrected chi connectivity index (χ3v) is 4.03. The summed E-state index contributed by atoms with van der Waals surface area (Å²) >= 11 is 0. The molecule has 2 heterocycles. The Morgan fingerprint density at radius 2 is 1.79 bits per heavy atom. The zero-order valence-electron chi connectivity index (χ0n) is 12.0. The Morgan fingerprint density at radius 3 is 2.37 bits per heavy atom. The lowest BCUT2D eigenvalue weighted by molar-refractivity contribution is -0.131. The number of carbonyl (C=O) groups excluding carboxylic acids is 1. The summed E-state index contributed by atoms with van der Waals surface area (Å²) < 4.78 is 0. The van der Waals surface area contributed by atoms with Crippen molar-refractivity contribution in [2.75, 3.05) is 52.9 Å². The summed E-state index contributed by atoms with van der Waals surface area (Å²) in [6.45, 7) is 6.45. The number of hydrogen-bond acceptors (Lipinski definition) is 5. The molecule has 0 bridgehead atoms. The van der Waals surface area contributed by atoms with Crippen molar-refractivity contribution in [3.05, 3.63) is 0 Å². The maximum absolute atomic E-state index is 12.1. The molecule has 6 heteroatoms. The molecule has 0 spiro atoms. The lowest BCUT2D eigenvalue weighted by atomic mass is 10.2. The third-order valence-electron chi connectivity index (χ3n) is 4.03. The maximum atomic E-state index is 12.1. The topological polar surface area (TPSA) is 64.8 Å². The SMILES string of the molecule is CN1CCN(NC(CN)CC(=O)N2CCCC2)CC1. The van der Waals surface area contributed by atoms with E-state index in [1.54, 1.807) is 0 Å². The van der Waals surface area contributed by atoms with E-state index in [2.05, 4.69) is 22.4 Å². The minimum atomic E-state index is 0.0662. The Hall–Kier alpha value is -0.690. The van der Waals surface area contributed by atoms with E-state index in [0.29, 0.717) is 13.0 Å². The smallest absolute Gasteiger partial charge is 0.224 e. The first-order valence-corrected chi connectivity index (χ1v) is 7.36. The molecule has 0 saturated carbocycles. The summed E-state index contributed by atoms with van der Waals surface area (Å²) in [5.74, 6) is 0.245. The number of hydrogen-bond donors (Lipinski definition) is 2. The van der Waals surface area contributed by atoms with Gasteiger partial charge in [0, 0.05) is 58.3 Å². The first kappa shape index (κ1) is 14.7. The Balaban J connectivity index is 1.74. The van der Waals surface area contributed by atoms with Crippen molar-refractivity contribution >= 4 is 5.91 Å². The molecule has 2 aliphatic rings. The predicted octanol–water partition coefficient (Wildman–Crippen LogP) is -0.922. The van der Waals surface area contributed by atoms with Crippen LogP contribution in [0.5, 0.6) is 0 Å². The largest absolute Gasteiger partial charge is 0.343 e. The quantitative estimate of drug-likeness (QED) is 0.676. The van der Waals surface area contributed by atoms with Gasteiger partial charge < -0.3 is 15.5 Å². The van der Waals surface area contributed by atoms with Crippen LogP contribution in [0.1, 0.15) is 19.3 Å². The van der Waals surface area contributed by atoms with Crippen LogP contribution >= 0.6 is 0 Å². The Morgan fingerprint density at radius 1 is 1.16 bits per heavy atom. The van der Waals surface area contributed by atoms with E-state index in [1.165, 1.54) is 0 Å². The van der Waals surface area contributed by atoms with Gasteiger partial charge in [-0.25, -0.2) is 5.01 Å². The van der Waals surface area contributed by atoms with Crippen molar-refractivity contribution < 1.29 is 4.79 Å². The van der Waals surface area contributed by atoms with Crippen LogP contribution in [0.3, 0.4) is 0 Å². The summed E-state index contributed by atoms with van der Waals surface area (Å²) in [7, 11) is 2.13. The molecule has 3 N–H and O–H groups in total. The van der Waals surface area contributed by atoms with Gasteiger partial charge in [0.15, 0.2) is 0 Å². The fourth-order valence-electron chi connectivity index (χ4n) is 2.68. The van der Waals surface area contributed by atoms with E-state index < -0.39 is 0 Å². The summed E-state index contributed by atoms with van der Waals surface area (Å²) in [4.78, 5) is 16.4. The summed E-state index contributed by atoms with van der Waals surface area (Å²) in [6, 6.07) is 0.0662. The van der Waals surface area contributed by atoms with E-state index in [1.807, 2.05) is 4.90 Å². The molecular formula is C13H27N5O. The molecule has 2 aliphatic heterocycles. The monoisotopic (exact) mass is 269 g/mol. The molecule has 1 amide bonds. The molecule has 1 atom stereocenters. The number of rotatable bonds is 5. The van der Waals surface area contributed by atoms with E-state index >= 15 is 0 Å². The van der Waals surface area contributed by atoms with Crippen molar-refractivity contribution in [1.29, 1.82) is 0 Å². The van der Waals surface area contributed by atoms with Gasteiger partial charge in [-0.1, -0.05) is 0 Å². The predicted molar refractivity (Wildman–Crippen MR) is 75.5 cm³/mol. The van der Waals surface area contributed by atoms with Gasteiger partial charge in [0.2, 0.25) is 5.91 Å². The number of hydrazine groups is 1. The molecule has 19 heavy (non-hydrogen) atoms. The molecule has 0 aromatic heterocycles. The number of likely N-dealkylation sites (tertiary alicyclic amines) is 1. The molecule has 1 unspecified atom stereocenters. The number of likely N-dealkylation sites (N-methyl/N-ethyl adjacent to an activating group) is 1. The molecule has 0 aromatic rings. The van der Waals surface area contributed by atoms with Gasteiger partial charge in [0.25, 0.3) is 0 Å². The maximum Gasteiger partial charge on any atom is 0.224 e. The number of carbonyl (C=O) groups is 1. The van der Waals surface area contributed by atoms with E-state index in [9.17, 15) is 4.79 Å².